The fourth-order valence-electron chi connectivity index (χ4n) is 5.84. The SMILES string of the molecule is C#CC(C)(C)C.C=C/C=C\C(C)(C)C.C=CC(C)(C)C.CC.CC(C)(C)C.CC(C)(C)C1SCC2CC(=O)NC21.COC(=O)c1ccc(C(=O)C(C)(C)C)cc1P(c1ccccc1)c1ccccc1. The third-order valence-electron chi connectivity index (χ3n) is 9.35. The molecule has 384 valence electrons. The summed E-state index contributed by atoms with van der Waals surface area (Å²) in [6.45, 7) is 51.3. The van der Waals surface area contributed by atoms with E-state index in [-0.39, 0.29) is 17.1 Å². The molecule has 3 unspecified atom stereocenters. The number of esters is 1. The van der Waals surface area contributed by atoms with Crippen LogP contribution >= 0.6 is 19.7 Å². The van der Waals surface area contributed by atoms with Crippen molar-refractivity contribution < 1.29 is 19.1 Å². The van der Waals surface area contributed by atoms with Crippen molar-refractivity contribution in [2.75, 3.05) is 12.9 Å². The zero-order valence-corrected chi connectivity index (χ0v) is 49.2. The number of Topliss-reactive ketones (excluding diaryl/α,β-unsaturated/α-hetero) is 1. The van der Waals surface area contributed by atoms with Crippen molar-refractivity contribution in [1.82, 2.24) is 5.32 Å². The van der Waals surface area contributed by atoms with Gasteiger partial charge in [0.1, 0.15) is 0 Å². The van der Waals surface area contributed by atoms with Gasteiger partial charge >= 0.3 is 5.97 Å². The highest BCUT2D eigenvalue weighted by Crippen LogP contribution is 2.45. The van der Waals surface area contributed by atoms with Gasteiger partial charge in [0, 0.05) is 39.4 Å². The molecule has 2 saturated heterocycles. The van der Waals surface area contributed by atoms with Crippen LogP contribution in [0.1, 0.15) is 173 Å². The molecule has 2 fully saturated rings. The van der Waals surface area contributed by atoms with Crippen molar-refractivity contribution >= 4 is 53.3 Å². The number of allylic oxidation sites excluding steroid dienone is 4. The largest absolute Gasteiger partial charge is 0.465 e. The van der Waals surface area contributed by atoms with Crippen LogP contribution < -0.4 is 21.2 Å². The number of amides is 1. The molecule has 5 nitrogen and oxygen atoms in total. The summed E-state index contributed by atoms with van der Waals surface area (Å²) in [5, 5.41) is 6.77. The van der Waals surface area contributed by atoms with Crippen molar-refractivity contribution in [3.63, 3.8) is 0 Å². The molecule has 2 aliphatic heterocycles. The van der Waals surface area contributed by atoms with E-state index in [2.05, 4.69) is 145 Å². The summed E-state index contributed by atoms with van der Waals surface area (Å²) < 4.78 is 5.05. The van der Waals surface area contributed by atoms with E-state index < -0.39 is 19.3 Å². The molecule has 0 bridgehead atoms. The molecule has 2 aliphatic rings. The van der Waals surface area contributed by atoms with Gasteiger partial charge in [-0.1, -0.05) is 222 Å². The number of carbonyl (C=O) groups excluding carboxylic acids is 3. The number of ether oxygens (including phenoxy) is 1. The number of hydrogen-bond donors (Lipinski definition) is 1. The highest BCUT2D eigenvalue weighted by atomic mass is 32.2. The normalized spacial score (nSPS) is 16.4. The third-order valence-corrected chi connectivity index (χ3v) is 13.8. The number of terminal acetylenes is 1. The van der Waals surface area contributed by atoms with E-state index in [1.54, 1.807) is 18.2 Å². The summed E-state index contributed by atoms with van der Waals surface area (Å²) in [5.74, 6) is 4.27. The average molecular weight is 982 g/mol. The van der Waals surface area contributed by atoms with Gasteiger partial charge in [-0.25, -0.2) is 4.79 Å². The lowest BCUT2D eigenvalue weighted by Crippen LogP contribution is -2.41. The number of thioether (sulfide) groups is 1. The molecule has 0 spiro atoms. The molecule has 0 saturated carbocycles. The zero-order chi connectivity index (χ0) is 54.2. The minimum absolute atomic E-state index is 0.0474. The van der Waals surface area contributed by atoms with Gasteiger partial charge in [0.25, 0.3) is 0 Å². The van der Waals surface area contributed by atoms with Crippen LogP contribution in [-0.4, -0.2) is 41.8 Å². The van der Waals surface area contributed by atoms with E-state index >= 15 is 0 Å². The molecule has 1 amide bonds. The maximum atomic E-state index is 13.0. The molecule has 3 aromatic rings. The number of nitrogens with one attached hydrogen (secondary N) is 1. The van der Waals surface area contributed by atoms with Gasteiger partial charge < -0.3 is 10.1 Å². The molecule has 5 rings (SSSR count). The number of ketones is 1. The number of methoxy groups -OCH3 is 1. The van der Waals surface area contributed by atoms with Crippen molar-refractivity contribution in [2.45, 2.75) is 163 Å². The van der Waals surface area contributed by atoms with Gasteiger partial charge in [-0.15, -0.1) is 18.9 Å². The molecular weight excluding hydrogens is 886 g/mol. The number of benzene rings is 3. The van der Waals surface area contributed by atoms with E-state index in [9.17, 15) is 14.4 Å². The molecule has 0 aliphatic carbocycles. The Bertz CT molecular complexity index is 2010. The maximum absolute atomic E-state index is 13.0. The highest BCUT2D eigenvalue weighted by molar-refractivity contribution is 8.00. The van der Waals surface area contributed by atoms with Gasteiger partial charge in [-0.05, 0) is 84.8 Å². The van der Waals surface area contributed by atoms with E-state index in [4.69, 9.17) is 11.2 Å². The van der Waals surface area contributed by atoms with Crippen molar-refractivity contribution in [3.05, 3.63) is 127 Å². The number of fused-ring (bicyclic) bond motifs is 1. The van der Waals surface area contributed by atoms with Gasteiger partial charge in [0.05, 0.1) is 12.7 Å². The lowest BCUT2D eigenvalue weighted by atomic mass is 9.84. The first-order chi connectivity index (χ1) is 31.5. The second kappa shape index (κ2) is 30.5. The van der Waals surface area contributed by atoms with Crippen LogP contribution in [-0.2, 0) is 9.53 Å². The molecule has 69 heavy (non-hydrogen) atoms. The standard InChI is InChI=1S/C25H25O3P.C10H17NOS.C8H14.C6H12.C6H10.C5H12.C2H6/c1-25(2,3)23(26)18-15-16-21(24(27)28-4)22(17-18)29(19-11-7-5-8-12-19)20-13-9-6-10-14-20;1-10(2,3)9-8-6(5-13-9)4-7(12)11-8;1-5-6-7-8(2,3)4;2*1-5-6(2,3)4;1-5(2,3)4;1-2/h5-17H,1-4H3;6,8-9H,4-5H2,1-3H3,(H,11,12);5-7H,1H2,2-4H3;5H,1H2,2-4H3;1H,2-4H3;1-4H3;1-2H3/b;;7-6-;;;;. The number of rotatable bonds is 6. The monoisotopic (exact) mass is 982 g/mol. The minimum atomic E-state index is -1.03. The van der Waals surface area contributed by atoms with Crippen LogP contribution in [0.5, 0.6) is 0 Å². The fraction of sp³-hybridized carbons (Fsp3) is 0.532. The second-order valence-electron chi connectivity index (χ2n) is 23.9. The molecule has 7 heteroatoms. The van der Waals surface area contributed by atoms with Crippen LogP contribution in [0.4, 0.5) is 0 Å². The Morgan fingerprint density at radius 3 is 1.51 bits per heavy atom. The average Bonchev–Trinajstić information content (AvgIpc) is 3.82. The van der Waals surface area contributed by atoms with Crippen molar-refractivity contribution in [3.8, 4) is 12.3 Å². The summed E-state index contributed by atoms with van der Waals surface area (Å²) in [5.41, 5.74) is 2.08. The number of hydrogen-bond acceptors (Lipinski definition) is 5. The second-order valence-corrected chi connectivity index (χ2v) is 27.3. The number of carbonyl (C=O) groups is 3. The Labute approximate surface area is 429 Å². The molecule has 1 N–H and O–H groups in total. The van der Waals surface area contributed by atoms with Crippen LogP contribution in [0.25, 0.3) is 0 Å². The Kier molecular flexibility index (Phi) is 29.6. The molecule has 3 atom stereocenters. The van der Waals surface area contributed by atoms with Crippen LogP contribution in [0.3, 0.4) is 0 Å². The van der Waals surface area contributed by atoms with Gasteiger partial charge in [-0.2, -0.15) is 11.8 Å². The maximum Gasteiger partial charge on any atom is 0.338 e. The third kappa shape index (κ3) is 29.6. The summed E-state index contributed by atoms with van der Waals surface area (Å²) >= 11 is 2.03. The fourth-order valence-corrected chi connectivity index (χ4v) is 10.1. The molecule has 2 heterocycles. The minimum Gasteiger partial charge on any atom is -0.465 e. The Hall–Kier alpha value is -4.17. The Morgan fingerprint density at radius 1 is 0.754 bits per heavy atom. The predicted octanol–water partition coefficient (Wildman–Crippen LogP) is 15.9. The summed E-state index contributed by atoms with van der Waals surface area (Å²) in [4.78, 5) is 36.7. The first-order valence-electron chi connectivity index (χ1n) is 24.5. The highest BCUT2D eigenvalue weighted by Gasteiger charge is 2.47. The van der Waals surface area contributed by atoms with E-state index in [0.717, 1.165) is 28.1 Å². The Morgan fingerprint density at radius 2 is 1.19 bits per heavy atom. The predicted molar refractivity (Wildman–Crippen MR) is 309 cm³/mol. The van der Waals surface area contributed by atoms with Crippen LogP contribution in [0.2, 0.25) is 0 Å². The van der Waals surface area contributed by atoms with Gasteiger partial charge in [0.15, 0.2) is 5.78 Å². The van der Waals surface area contributed by atoms with Crippen molar-refractivity contribution in [1.29, 1.82) is 0 Å². The summed E-state index contributed by atoms with van der Waals surface area (Å²) in [6, 6.07) is 26.0. The van der Waals surface area contributed by atoms with Crippen LogP contribution in [0, 0.1) is 50.8 Å². The topological polar surface area (TPSA) is 72.5 Å². The molecule has 3 aromatic carbocycles. The zero-order valence-electron chi connectivity index (χ0n) is 47.4. The molecular formula is C62H96NO4PS. The van der Waals surface area contributed by atoms with E-state index in [1.165, 1.54) is 7.11 Å². The quantitative estimate of drug-likeness (QED) is 0.0665. The van der Waals surface area contributed by atoms with E-state index in [0.29, 0.717) is 50.0 Å². The van der Waals surface area contributed by atoms with Crippen molar-refractivity contribution in [2.24, 2.45) is 38.4 Å². The smallest absolute Gasteiger partial charge is 0.338 e. The van der Waals surface area contributed by atoms with E-state index in [1.807, 2.05) is 122 Å². The first-order valence-corrected chi connectivity index (χ1v) is 26.9. The molecule has 0 radical (unpaired) electrons. The molecule has 0 aromatic heterocycles. The van der Waals surface area contributed by atoms with Gasteiger partial charge in [-0.3, -0.25) is 9.59 Å². The summed E-state index contributed by atoms with van der Waals surface area (Å²) in [6.07, 6.45) is 13.6. The lowest BCUT2D eigenvalue weighted by Gasteiger charge is -2.30. The lowest BCUT2D eigenvalue weighted by molar-refractivity contribution is -0.119. The van der Waals surface area contributed by atoms with Gasteiger partial charge in [0.2, 0.25) is 5.91 Å². The van der Waals surface area contributed by atoms with Crippen LogP contribution in [0.15, 0.2) is 116 Å². The Balaban J connectivity index is 0. The summed E-state index contributed by atoms with van der Waals surface area (Å²) in [7, 11) is 0.348. The first kappa shape index (κ1) is 66.9.